The average molecular weight is 391 g/mol. The van der Waals surface area contributed by atoms with Crippen LogP contribution in [0.4, 0.5) is 20.2 Å². The van der Waals surface area contributed by atoms with Crippen LogP contribution in [0.3, 0.4) is 0 Å². The lowest BCUT2D eigenvalue weighted by Crippen LogP contribution is -2.18. The third-order valence-corrected chi connectivity index (χ3v) is 4.68. The molecular formula is C18H15F2N3O3S. The van der Waals surface area contributed by atoms with E-state index < -0.39 is 16.6 Å². The van der Waals surface area contributed by atoms with Crippen LogP contribution >= 0.6 is 11.3 Å². The Morgan fingerprint density at radius 3 is 2.59 bits per heavy atom. The van der Waals surface area contributed by atoms with Crippen molar-refractivity contribution in [1.29, 1.82) is 0 Å². The maximum absolute atomic E-state index is 13.9. The van der Waals surface area contributed by atoms with Crippen LogP contribution in [-0.4, -0.2) is 23.2 Å². The Morgan fingerprint density at radius 2 is 1.96 bits per heavy atom. The number of rotatable bonds is 6. The fraction of sp³-hybridized carbons (Fsp3) is 0.167. The summed E-state index contributed by atoms with van der Waals surface area (Å²) in [5.74, 6) is -1.42. The number of benzene rings is 2. The standard InChI is InChI=1S/C18H15F2N3O3S/c1-26-9-8-22-17(12-2-5-14(6-3-12)23(24)25)11-27-18(22)21-16-7-4-13(19)10-15(16)20/h2-7,10-11H,8-9H2,1H3. The van der Waals surface area contributed by atoms with Crippen LogP contribution in [0.1, 0.15) is 0 Å². The molecule has 27 heavy (non-hydrogen) atoms. The van der Waals surface area contributed by atoms with Gasteiger partial charge in [0.1, 0.15) is 11.5 Å². The minimum Gasteiger partial charge on any atom is -0.383 e. The van der Waals surface area contributed by atoms with Gasteiger partial charge >= 0.3 is 0 Å². The van der Waals surface area contributed by atoms with E-state index in [2.05, 4.69) is 4.99 Å². The molecule has 3 aromatic rings. The maximum Gasteiger partial charge on any atom is 0.269 e. The number of hydrogen-bond donors (Lipinski definition) is 0. The van der Waals surface area contributed by atoms with Gasteiger partial charge in [-0.2, -0.15) is 0 Å². The second kappa shape index (κ2) is 8.19. The van der Waals surface area contributed by atoms with Gasteiger partial charge in [-0.25, -0.2) is 13.8 Å². The van der Waals surface area contributed by atoms with E-state index in [-0.39, 0.29) is 11.4 Å². The van der Waals surface area contributed by atoms with Crippen molar-refractivity contribution in [2.45, 2.75) is 6.54 Å². The molecule has 1 aromatic heterocycles. The number of halogens is 2. The molecule has 3 rings (SSSR count). The number of ether oxygens (including phenoxy) is 1. The minimum atomic E-state index is -0.751. The number of nitro benzene ring substituents is 1. The molecule has 9 heteroatoms. The Bertz CT molecular complexity index is 1030. The van der Waals surface area contributed by atoms with Crippen molar-refractivity contribution in [2.24, 2.45) is 4.99 Å². The van der Waals surface area contributed by atoms with Crippen LogP contribution in [-0.2, 0) is 11.3 Å². The second-order valence-electron chi connectivity index (χ2n) is 5.56. The van der Waals surface area contributed by atoms with E-state index in [4.69, 9.17) is 4.74 Å². The Kier molecular flexibility index (Phi) is 5.72. The molecule has 0 aliphatic heterocycles. The Hall–Kier alpha value is -2.91. The molecule has 1 heterocycles. The summed E-state index contributed by atoms with van der Waals surface area (Å²) >= 11 is 1.29. The first-order valence-electron chi connectivity index (χ1n) is 7.91. The zero-order valence-corrected chi connectivity index (χ0v) is 15.1. The lowest BCUT2D eigenvalue weighted by molar-refractivity contribution is -0.384. The van der Waals surface area contributed by atoms with E-state index in [0.717, 1.165) is 23.4 Å². The highest BCUT2D eigenvalue weighted by atomic mass is 32.1. The molecule has 0 fully saturated rings. The molecular weight excluding hydrogens is 376 g/mol. The number of hydrogen-bond acceptors (Lipinski definition) is 5. The number of nitro groups is 1. The van der Waals surface area contributed by atoms with E-state index >= 15 is 0 Å². The summed E-state index contributed by atoms with van der Waals surface area (Å²) in [6.45, 7) is 0.851. The Morgan fingerprint density at radius 1 is 1.22 bits per heavy atom. The van der Waals surface area contributed by atoms with E-state index in [9.17, 15) is 18.9 Å². The zero-order chi connectivity index (χ0) is 19.4. The van der Waals surface area contributed by atoms with Crippen molar-refractivity contribution in [3.8, 4) is 11.3 Å². The monoisotopic (exact) mass is 391 g/mol. The minimum absolute atomic E-state index is 0.00397. The number of nitrogens with zero attached hydrogens (tertiary/aromatic N) is 3. The van der Waals surface area contributed by atoms with Crippen LogP contribution in [0, 0.1) is 21.7 Å². The number of aromatic nitrogens is 1. The fourth-order valence-corrected chi connectivity index (χ4v) is 3.43. The highest BCUT2D eigenvalue weighted by Crippen LogP contribution is 2.24. The summed E-state index contributed by atoms with van der Waals surface area (Å²) in [5, 5.41) is 12.7. The molecule has 0 amide bonds. The lowest BCUT2D eigenvalue weighted by atomic mass is 10.1. The molecule has 140 valence electrons. The summed E-state index contributed by atoms with van der Waals surface area (Å²) in [4.78, 5) is 15.2. The first-order chi connectivity index (χ1) is 13.0. The number of non-ortho nitro benzene ring substituents is 1. The van der Waals surface area contributed by atoms with Crippen molar-refractivity contribution >= 4 is 22.7 Å². The highest BCUT2D eigenvalue weighted by molar-refractivity contribution is 7.07. The van der Waals surface area contributed by atoms with Crippen molar-refractivity contribution < 1.29 is 18.4 Å². The van der Waals surface area contributed by atoms with Gasteiger partial charge in [0.25, 0.3) is 5.69 Å². The largest absolute Gasteiger partial charge is 0.383 e. The average Bonchev–Trinajstić information content (AvgIpc) is 3.04. The topological polar surface area (TPSA) is 69.7 Å². The molecule has 0 unspecified atom stereocenters. The van der Waals surface area contributed by atoms with Gasteiger partial charge in [-0.1, -0.05) is 0 Å². The van der Waals surface area contributed by atoms with E-state index in [0.29, 0.717) is 18.0 Å². The van der Waals surface area contributed by atoms with Gasteiger partial charge < -0.3 is 9.30 Å². The van der Waals surface area contributed by atoms with Gasteiger partial charge in [0, 0.05) is 37.2 Å². The van der Waals surface area contributed by atoms with Gasteiger partial charge in [-0.15, -0.1) is 11.3 Å². The van der Waals surface area contributed by atoms with Crippen molar-refractivity contribution in [2.75, 3.05) is 13.7 Å². The Labute approximate surface area is 157 Å². The van der Waals surface area contributed by atoms with Gasteiger partial charge in [-0.05, 0) is 29.8 Å². The molecule has 2 aromatic carbocycles. The fourth-order valence-electron chi connectivity index (χ4n) is 2.48. The third-order valence-electron chi connectivity index (χ3n) is 3.82. The van der Waals surface area contributed by atoms with Gasteiger partial charge in [0.05, 0.1) is 17.2 Å². The summed E-state index contributed by atoms with van der Waals surface area (Å²) in [5.41, 5.74) is 1.55. The summed E-state index contributed by atoms with van der Waals surface area (Å²) < 4.78 is 34.0. The molecule has 0 spiro atoms. The quantitative estimate of drug-likeness (QED) is 0.465. The molecule has 0 radical (unpaired) electrons. The number of methoxy groups -OCH3 is 1. The van der Waals surface area contributed by atoms with Gasteiger partial charge in [0.15, 0.2) is 10.6 Å². The SMILES string of the molecule is COCCn1c(-c2ccc([N+](=O)[O-])cc2)csc1=Nc1ccc(F)cc1F. The van der Waals surface area contributed by atoms with E-state index in [1.165, 1.54) is 29.5 Å². The molecule has 0 N–H and O–H groups in total. The first kappa shape index (κ1) is 18.9. The third kappa shape index (κ3) is 4.26. The van der Waals surface area contributed by atoms with E-state index in [1.807, 2.05) is 9.95 Å². The smallest absolute Gasteiger partial charge is 0.269 e. The highest BCUT2D eigenvalue weighted by Gasteiger charge is 2.11. The van der Waals surface area contributed by atoms with Crippen LogP contribution in [0.2, 0.25) is 0 Å². The summed E-state index contributed by atoms with van der Waals surface area (Å²) in [6, 6.07) is 9.33. The Balaban J connectivity index is 2.08. The molecule has 0 aliphatic carbocycles. The van der Waals surface area contributed by atoms with Crippen molar-refractivity contribution in [3.05, 3.63) is 74.4 Å². The molecule has 6 nitrogen and oxygen atoms in total. The molecule has 0 saturated heterocycles. The summed E-state index contributed by atoms with van der Waals surface area (Å²) in [6.07, 6.45) is 0. The van der Waals surface area contributed by atoms with Gasteiger partial charge in [-0.3, -0.25) is 10.1 Å². The van der Waals surface area contributed by atoms with Crippen LogP contribution in [0.25, 0.3) is 11.3 Å². The molecule has 0 saturated carbocycles. The second-order valence-corrected chi connectivity index (χ2v) is 6.40. The van der Waals surface area contributed by atoms with Crippen LogP contribution in [0.5, 0.6) is 0 Å². The molecule has 0 bridgehead atoms. The predicted octanol–water partition coefficient (Wildman–Crippen LogP) is 4.28. The lowest BCUT2D eigenvalue weighted by Gasteiger charge is -2.08. The normalized spacial score (nSPS) is 11.7. The van der Waals surface area contributed by atoms with Crippen LogP contribution in [0.15, 0.2) is 52.8 Å². The predicted molar refractivity (Wildman–Crippen MR) is 97.9 cm³/mol. The molecule has 0 aliphatic rings. The number of thiazole rings is 1. The first-order valence-corrected chi connectivity index (χ1v) is 8.79. The summed E-state index contributed by atoms with van der Waals surface area (Å²) in [7, 11) is 1.56. The van der Waals surface area contributed by atoms with Gasteiger partial charge in [0.2, 0.25) is 0 Å². The van der Waals surface area contributed by atoms with Crippen molar-refractivity contribution in [3.63, 3.8) is 0 Å². The maximum atomic E-state index is 13.9. The van der Waals surface area contributed by atoms with Crippen LogP contribution < -0.4 is 4.80 Å². The van der Waals surface area contributed by atoms with E-state index in [1.54, 1.807) is 19.2 Å². The zero-order valence-electron chi connectivity index (χ0n) is 14.3. The van der Waals surface area contributed by atoms with Crippen molar-refractivity contribution in [1.82, 2.24) is 4.57 Å². The molecule has 0 atom stereocenters.